The van der Waals surface area contributed by atoms with Gasteiger partial charge in [-0.05, 0) is 73.1 Å². The number of para-hydroxylation sites is 1. The van der Waals surface area contributed by atoms with Crippen LogP contribution in [-0.4, -0.2) is 35.1 Å². The van der Waals surface area contributed by atoms with Crippen LogP contribution in [0.4, 0.5) is 5.69 Å². The molecule has 1 saturated carbocycles. The Morgan fingerprint density at radius 3 is 2.20 bits per heavy atom. The standard InChI is InChI=1S/C44H39NO6/c1-3-26-18-20-29(21-19-26)45-42(49)31-23-22-30-34(38(31)43(45)50)24-35-40(47)33(27-12-7-5-8-13-27)25-37(46)44(35,28-14-9-6-10-15-28)39(30)32-16-11-17-36(41(32)48)51-4-2/h5-22,25,31,34-35,38-39,48H,3-4,23-24H2,1-2H3. The highest BCUT2D eigenvalue weighted by atomic mass is 16.5. The lowest BCUT2D eigenvalue weighted by atomic mass is 9.44. The number of carbonyl (C=O) groups excluding carboxylic acids is 4. The van der Waals surface area contributed by atoms with E-state index >= 15 is 9.59 Å². The number of ether oxygens (including phenoxy) is 1. The molecule has 0 bridgehead atoms. The van der Waals surface area contributed by atoms with Gasteiger partial charge in [0.25, 0.3) is 0 Å². The molecule has 3 aliphatic carbocycles. The molecule has 4 aliphatic rings. The predicted octanol–water partition coefficient (Wildman–Crippen LogP) is 7.38. The minimum absolute atomic E-state index is 0.105. The highest BCUT2D eigenvalue weighted by Gasteiger charge is 2.66. The summed E-state index contributed by atoms with van der Waals surface area (Å²) in [6.45, 7) is 4.20. The number of Topliss-reactive ketones (excluding diaryl/α,β-unsaturated/α-hetero) is 1. The summed E-state index contributed by atoms with van der Waals surface area (Å²) in [4.78, 5) is 60.3. The molecule has 4 aromatic carbocycles. The van der Waals surface area contributed by atoms with Crippen molar-refractivity contribution in [1.82, 2.24) is 0 Å². The topological polar surface area (TPSA) is 101 Å². The van der Waals surface area contributed by atoms with E-state index in [1.54, 1.807) is 18.2 Å². The molecule has 0 spiro atoms. The van der Waals surface area contributed by atoms with Crippen molar-refractivity contribution in [2.24, 2.45) is 23.7 Å². The predicted molar refractivity (Wildman–Crippen MR) is 194 cm³/mol. The summed E-state index contributed by atoms with van der Waals surface area (Å²) in [7, 11) is 0. The number of aromatic hydroxyl groups is 1. The fraction of sp³-hybridized carbons (Fsp3) is 0.273. The number of hydrogen-bond donors (Lipinski definition) is 1. The van der Waals surface area contributed by atoms with Crippen LogP contribution in [0.25, 0.3) is 5.57 Å². The van der Waals surface area contributed by atoms with Gasteiger partial charge >= 0.3 is 0 Å². The number of allylic oxidation sites excluding steroid dienone is 4. The first-order chi connectivity index (χ1) is 24.8. The second-order valence-corrected chi connectivity index (χ2v) is 13.9. The minimum Gasteiger partial charge on any atom is -0.504 e. The van der Waals surface area contributed by atoms with Gasteiger partial charge in [-0.2, -0.15) is 0 Å². The first-order valence-electron chi connectivity index (χ1n) is 17.8. The highest BCUT2D eigenvalue weighted by Crippen LogP contribution is 2.65. The second-order valence-electron chi connectivity index (χ2n) is 13.9. The number of hydrogen-bond acceptors (Lipinski definition) is 6. The first-order valence-corrected chi connectivity index (χ1v) is 17.8. The van der Waals surface area contributed by atoms with Crippen molar-refractivity contribution >= 4 is 34.6 Å². The number of carbonyl (C=O) groups is 4. The van der Waals surface area contributed by atoms with Crippen LogP contribution >= 0.6 is 0 Å². The molecule has 6 unspecified atom stereocenters. The minimum atomic E-state index is -1.44. The summed E-state index contributed by atoms with van der Waals surface area (Å²) < 4.78 is 5.84. The molecule has 2 amide bonds. The van der Waals surface area contributed by atoms with Gasteiger partial charge < -0.3 is 9.84 Å². The summed E-state index contributed by atoms with van der Waals surface area (Å²) in [6, 6.07) is 31.3. The number of phenols is 1. The highest BCUT2D eigenvalue weighted by molar-refractivity contribution is 6.32. The molecule has 7 heteroatoms. The van der Waals surface area contributed by atoms with E-state index < -0.39 is 35.0 Å². The van der Waals surface area contributed by atoms with Crippen molar-refractivity contribution in [2.45, 2.75) is 44.4 Å². The SMILES string of the molecule is CCOc1cccc(C2C3=CCC4C(=O)N(c5ccc(CC)cc5)C(=O)C4C3CC3C(=O)C(c4ccccc4)=CC(=O)C32c2ccccc2)c1O. The number of rotatable bonds is 7. The number of anilines is 1. The Bertz CT molecular complexity index is 2120. The summed E-state index contributed by atoms with van der Waals surface area (Å²) >= 11 is 0. The third-order valence-electron chi connectivity index (χ3n) is 11.6. The van der Waals surface area contributed by atoms with Crippen LogP contribution in [0.5, 0.6) is 11.5 Å². The Hall–Kier alpha value is -5.56. The van der Waals surface area contributed by atoms with Gasteiger partial charge in [0.2, 0.25) is 11.8 Å². The van der Waals surface area contributed by atoms with Gasteiger partial charge in [-0.3, -0.25) is 24.1 Å². The van der Waals surface area contributed by atoms with E-state index in [1.807, 2.05) is 97.9 Å². The van der Waals surface area contributed by atoms with E-state index in [0.29, 0.717) is 41.0 Å². The van der Waals surface area contributed by atoms with Crippen molar-refractivity contribution in [2.75, 3.05) is 11.5 Å². The van der Waals surface area contributed by atoms with E-state index in [0.717, 1.165) is 17.6 Å². The van der Waals surface area contributed by atoms with E-state index in [2.05, 4.69) is 6.92 Å². The quantitative estimate of drug-likeness (QED) is 0.162. The summed E-state index contributed by atoms with van der Waals surface area (Å²) in [5.74, 6) is -4.40. The lowest BCUT2D eigenvalue weighted by Gasteiger charge is -2.55. The van der Waals surface area contributed by atoms with Gasteiger partial charge in [-0.25, -0.2) is 0 Å². The Labute approximate surface area is 297 Å². The lowest BCUT2D eigenvalue weighted by molar-refractivity contribution is -0.135. The Kier molecular flexibility index (Phi) is 8.09. The molecule has 51 heavy (non-hydrogen) atoms. The molecular formula is C44H39NO6. The van der Waals surface area contributed by atoms with E-state index in [1.165, 1.54) is 11.0 Å². The molecule has 6 atom stereocenters. The monoisotopic (exact) mass is 677 g/mol. The molecule has 1 N–H and O–H groups in total. The second kappa shape index (κ2) is 12.6. The number of phenolic OH excluding ortho intramolecular Hbond substituents is 1. The number of imide groups is 1. The van der Waals surface area contributed by atoms with Crippen LogP contribution in [0.2, 0.25) is 0 Å². The Balaban J connectivity index is 1.36. The lowest BCUT2D eigenvalue weighted by Crippen LogP contribution is -2.58. The van der Waals surface area contributed by atoms with Gasteiger partial charge in [0.1, 0.15) is 0 Å². The average Bonchev–Trinajstić information content (AvgIpc) is 3.42. The number of ketones is 2. The fourth-order valence-corrected chi connectivity index (χ4v) is 9.40. The number of amides is 2. The first kappa shape index (κ1) is 32.6. The van der Waals surface area contributed by atoms with Gasteiger partial charge in [-0.15, -0.1) is 0 Å². The maximum absolute atomic E-state index is 15.2. The molecule has 1 heterocycles. The molecule has 4 aromatic rings. The van der Waals surface area contributed by atoms with Crippen molar-refractivity contribution in [3.8, 4) is 11.5 Å². The molecule has 7 nitrogen and oxygen atoms in total. The molecule has 8 rings (SSSR count). The molecule has 2 fully saturated rings. The van der Waals surface area contributed by atoms with E-state index in [4.69, 9.17) is 4.74 Å². The summed E-state index contributed by atoms with van der Waals surface area (Å²) in [5, 5.41) is 11.9. The normalized spacial score (nSPS) is 26.9. The third-order valence-corrected chi connectivity index (χ3v) is 11.6. The smallest absolute Gasteiger partial charge is 0.238 e. The largest absolute Gasteiger partial charge is 0.504 e. The van der Waals surface area contributed by atoms with E-state index in [9.17, 15) is 14.7 Å². The Morgan fingerprint density at radius 1 is 0.804 bits per heavy atom. The molecule has 256 valence electrons. The van der Waals surface area contributed by atoms with Crippen molar-refractivity contribution in [3.63, 3.8) is 0 Å². The number of nitrogens with zero attached hydrogens (tertiary/aromatic N) is 1. The fourth-order valence-electron chi connectivity index (χ4n) is 9.40. The van der Waals surface area contributed by atoms with Crippen molar-refractivity contribution < 1.29 is 29.0 Å². The zero-order valence-corrected chi connectivity index (χ0v) is 28.6. The van der Waals surface area contributed by atoms with Crippen LogP contribution in [0.1, 0.15) is 54.9 Å². The van der Waals surface area contributed by atoms with Crippen LogP contribution in [-0.2, 0) is 31.0 Å². The van der Waals surface area contributed by atoms with Crippen LogP contribution < -0.4 is 9.64 Å². The Morgan fingerprint density at radius 2 is 1.51 bits per heavy atom. The zero-order chi connectivity index (χ0) is 35.4. The molecular weight excluding hydrogens is 638 g/mol. The number of aryl methyl sites for hydroxylation is 1. The molecule has 1 saturated heterocycles. The van der Waals surface area contributed by atoms with Crippen LogP contribution in [0.3, 0.4) is 0 Å². The summed E-state index contributed by atoms with van der Waals surface area (Å²) in [6.07, 6.45) is 4.82. The number of fused-ring (bicyclic) bond motifs is 4. The van der Waals surface area contributed by atoms with Crippen molar-refractivity contribution in [1.29, 1.82) is 0 Å². The maximum atomic E-state index is 15.2. The molecule has 1 aliphatic heterocycles. The maximum Gasteiger partial charge on any atom is 0.238 e. The average molecular weight is 678 g/mol. The zero-order valence-electron chi connectivity index (χ0n) is 28.6. The van der Waals surface area contributed by atoms with E-state index in [-0.39, 0.29) is 41.3 Å². The third kappa shape index (κ3) is 4.85. The van der Waals surface area contributed by atoms with Gasteiger partial charge in [0, 0.05) is 23.0 Å². The van der Waals surface area contributed by atoms with Crippen LogP contribution in [0.15, 0.2) is 121 Å². The van der Waals surface area contributed by atoms with Crippen LogP contribution in [0, 0.1) is 23.7 Å². The van der Waals surface area contributed by atoms with Crippen molar-refractivity contribution in [3.05, 3.63) is 143 Å². The van der Waals surface area contributed by atoms with Gasteiger partial charge in [0.15, 0.2) is 23.1 Å². The summed E-state index contributed by atoms with van der Waals surface area (Å²) in [5.41, 5.74) is 3.08. The molecule has 0 radical (unpaired) electrons. The van der Waals surface area contributed by atoms with Gasteiger partial charge in [-0.1, -0.05) is 104 Å². The molecule has 0 aromatic heterocycles. The number of benzene rings is 4. The van der Waals surface area contributed by atoms with Gasteiger partial charge in [0.05, 0.1) is 29.5 Å².